The van der Waals surface area contributed by atoms with Gasteiger partial charge < -0.3 is 14.8 Å². The van der Waals surface area contributed by atoms with Crippen LogP contribution in [-0.4, -0.2) is 35.9 Å². The number of aromatic nitrogens is 2. The maximum atomic E-state index is 13.0. The first-order valence-corrected chi connectivity index (χ1v) is 10.0. The van der Waals surface area contributed by atoms with Crippen LogP contribution in [0, 0.1) is 0 Å². The maximum Gasteiger partial charge on any atom is 0.255 e. The van der Waals surface area contributed by atoms with Gasteiger partial charge in [0.1, 0.15) is 23.8 Å². The van der Waals surface area contributed by atoms with Gasteiger partial charge >= 0.3 is 0 Å². The zero-order chi connectivity index (χ0) is 21.5. The van der Waals surface area contributed by atoms with Gasteiger partial charge in [-0.1, -0.05) is 48.5 Å². The summed E-state index contributed by atoms with van der Waals surface area (Å²) in [5.74, 6) is 1.20. The fourth-order valence-electron chi connectivity index (χ4n) is 3.24. The van der Waals surface area contributed by atoms with Crippen molar-refractivity contribution in [2.45, 2.75) is 0 Å². The summed E-state index contributed by atoms with van der Waals surface area (Å²) in [6.45, 7) is 0.738. The van der Waals surface area contributed by atoms with Crippen molar-refractivity contribution in [3.8, 4) is 28.4 Å². The molecule has 4 aromatic rings. The zero-order valence-electron chi connectivity index (χ0n) is 17.2. The van der Waals surface area contributed by atoms with Crippen molar-refractivity contribution in [3.63, 3.8) is 0 Å². The third-order valence-corrected chi connectivity index (χ3v) is 4.74. The molecule has 0 atom stereocenters. The molecule has 1 N–H and O–H groups in total. The van der Waals surface area contributed by atoms with Crippen molar-refractivity contribution in [2.75, 3.05) is 20.3 Å². The molecule has 31 heavy (non-hydrogen) atoms. The van der Waals surface area contributed by atoms with E-state index in [4.69, 9.17) is 14.6 Å². The highest BCUT2D eigenvalue weighted by molar-refractivity contribution is 6.00. The molecule has 156 valence electrons. The van der Waals surface area contributed by atoms with E-state index in [2.05, 4.69) is 5.32 Å². The highest BCUT2D eigenvalue weighted by Crippen LogP contribution is 2.31. The molecule has 0 aliphatic heterocycles. The first-order chi connectivity index (χ1) is 15.3. The zero-order valence-corrected chi connectivity index (χ0v) is 17.2. The van der Waals surface area contributed by atoms with Crippen molar-refractivity contribution < 1.29 is 14.3 Å². The second kappa shape index (κ2) is 9.63. The van der Waals surface area contributed by atoms with Gasteiger partial charge in [-0.2, -0.15) is 5.10 Å². The van der Waals surface area contributed by atoms with Gasteiger partial charge in [0.25, 0.3) is 5.91 Å². The third kappa shape index (κ3) is 4.75. The molecule has 0 bridgehead atoms. The third-order valence-electron chi connectivity index (χ3n) is 4.74. The molecule has 0 fully saturated rings. The van der Waals surface area contributed by atoms with Crippen LogP contribution in [0.5, 0.6) is 11.5 Å². The second-order valence-electron chi connectivity index (χ2n) is 6.79. The second-order valence-corrected chi connectivity index (χ2v) is 6.79. The van der Waals surface area contributed by atoms with Crippen LogP contribution in [0.3, 0.4) is 0 Å². The lowest BCUT2D eigenvalue weighted by Gasteiger charge is -2.09. The van der Waals surface area contributed by atoms with Gasteiger partial charge in [0, 0.05) is 11.8 Å². The SMILES string of the molecule is COc1ccccc1-c1nn(-c2ccccc2)cc1C(=O)NCCOc1ccccc1. The smallest absolute Gasteiger partial charge is 0.255 e. The average Bonchev–Trinajstić information content (AvgIpc) is 3.28. The number of para-hydroxylation sites is 3. The Hall–Kier alpha value is -4.06. The number of ether oxygens (including phenoxy) is 2. The molecule has 0 aliphatic rings. The van der Waals surface area contributed by atoms with Crippen LogP contribution in [0.2, 0.25) is 0 Å². The molecule has 0 saturated carbocycles. The van der Waals surface area contributed by atoms with Crippen molar-refractivity contribution in [3.05, 3.63) is 96.7 Å². The molecule has 3 aromatic carbocycles. The minimum atomic E-state index is -0.222. The molecule has 1 amide bonds. The molecule has 0 spiro atoms. The number of carbonyl (C=O) groups is 1. The van der Waals surface area contributed by atoms with Crippen LogP contribution < -0.4 is 14.8 Å². The highest BCUT2D eigenvalue weighted by atomic mass is 16.5. The van der Waals surface area contributed by atoms with Crippen LogP contribution >= 0.6 is 0 Å². The molecule has 6 heteroatoms. The molecule has 0 unspecified atom stereocenters. The lowest BCUT2D eigenvalue weighted by Crippen LogP contribution is -2.28. The van der Waals surface area contributed by atoms with Gasteiger partial charge in [-0.15, -0.1) is 0 Å². The topological polar surface area (TPSA) is 65.4 Å². The van der Waals surface area contributed by atoms with E-state index in [0.29, 0.717) is 30.2 Å². The van der Waals surface area contributed by atoms with Gasteiger partial charge in [-0.05, 0) is 36.4 Å². The largest absolute Gasteiger partial charge is 0.496 e. The fourth-order valence-corrected chi connectivity index (χ4v) is 3.24. The number of nitrogens with one attached hydrogen (secondary N) is 1. The molecule has 1 aromatic heterocycles. The summed E-state index contributed by atoms with van der Waals surface area (Å²) in [5, 5.41) is 7.62. The number of hydrogen-bond acceptors (Lipinski definition) is 4. The Balaban J connectivity index is 1.57. The summed E-state index contributed by atoms with van der Waals surface area (Å²) >= 11 is 0. The van der Waals surface area contributed by atoms with E-state index in [1.807, 2.05) is 84.9 Å². The Kier molecular flexibility index (Phi) is 6.28. The Morgan fingerprint density at radius 1 is 0.935 bits per heavy atom. The van der Waals surface area contributed by atoms with Crippen LogP contribution in [0.1, 0.15) is 10.4 Å². The first-order valence-electron chi connectivity index (χ1n) is 10.0. The van der Waals surface area contributed by atoms with Crippen LogP contribution in [0.4, 0.5) is 0 Å². The number of amides is 1. The Morgan fingerprint density at radius 2 is 1.61 bits per heavy atom. The van der Waals surface area contributed by atoms with Gasteiger partial charge in [0.2, 0.25) is 0 Å². The number of methoxy groups -OCH3 is 1. The standard InChI is InChI=1S/C25H23N3O3/c1-30-23-15-9-8-14-21(23)24-22(18-28(27-24)19-10-4-2-5-11-19)25(29)26-16-17-31-20-12-6-3-7-13-20/h2-15,18H,16-17H2,1H3,(H,26,29). The Labute approximate surface area is 181 Å². The molecule has 0 aliphatic carbocycles. The van der Waals surface area contributed by atoms with E-state index in [0.717, 1.165) is 17.0 Å². The maximum absolute atomic E-state index is 13.0. The lowest BCUT2D eigenvalue weighted by molar-refractivity contribution is 0.0947. The minimum Gasteiger partial charge on any atom is -0.496 e. The van der Waals surface area contributed by atoms with E-state index in [1.54, 1.807) is 18.0 Å². The van der Waals surface area contributed by atoms with Crippen molar-refractivity contribution in [2.24, 2.45) is 0 Å². The van der Waals surface area contributed by atoms with Gasteiger partial charge in [-0.25, -0.2) is 4.68 Å². The molecule has 4 rings (SSSR count). The first kappa shape index (κ1) is 20.2. The summed E-state index contributed by atoms with van der Waals surface area (Å²) in [6.07, 6.45) is 1.74. The van der Waals surface area contributed by atoms with E-state index >= 15 is 0 Å². The number of rotatable bonds is 8. The van der Waals surface area contributed by atoms with Crippen molar-refractivity contribution >= 4 is 5.91 Å². The number of carbonyl (C=O) groups excluding carboxylic acids is 1. The predicted molar refractivity (Wildman–Crippen MR) is 120 cm³/mol. The number of hydrogen-bond donors (Lipinski definition) is 1. The predicted octanol–water partition coefficient (Wildman–Crippen LogP) is 4.36. The van der Waals surface area contributed by atoms with Gasteiger partial charge in [-0.3, -0.25) is 4.79 Å². The quantitative estimate of drug-likeness (QED) is 0.436. The number of benzene rings is 3. The molecule has 0 saturated heterocycles. The molecular formula is C25H23N3O3. The summed E-state index contributed by atoms with van der Waals surface area (Å²) < 4.78 is 12.9. The highest BCUT2D eigenvalue weighted by Gasteiger charge is 2.20. The van der Waals surface area contributed by atoms with Gasteiger partial charge in [0.15, 0.2) is 0 Å². The molecular weight excluding hydrogens is 390 g/mol. The Morgan fingerprint density at radius 3 is 2.35 bits per heavy atom. The normalized spacial score (nSPS) is 10.5. The van der Waals surface area contributed by atoms with E-state index in [1.165, 1.54) is 0 Å². The van der Waals surface area contributed by atoms with E-state index < -0.39 is 0 Å². The molecule has 0 radical (unpaired) electrons. The van der Waals surface area contributed by atoms with Crippen molar-refractivity contribution in [1.82, 2.24) is 15.1 Å². The number of nitrogens with zero attached hydrogens (tertiary/aromatic N) is 2. The minimum absolute atomic E-state index is 0.222. The summed E-state index contributed by atoms with van der Waals surface area (Å²) in [6, 6.07) is 26.7. The van der Waals surface area contributed by atoms with E-state index in [-0.39, 0.29) is 5.91 Å². The van der Waals surface area contributed by atoms with E-state index in [9.17, 15) is 4.79 Å². The molecule has 6 nitrogen and oxygen atoms in total. The summed E-state index contributed by atoms with van der Waals surface area (Å²) in [7, 11) is 1.60. The van der Waals surface area contributed by atoms with Gasteiger partial charge in [0.05, 0.1) is 24.9 Å². The Bertz CT molecular complexity index is 1140. The van der Waals surface area contributed by atoms with Crippen LogP contribution in [0.25, 0.3) is 16.9 Å². The van der Waals surface area contributed by atoms with Crippen molar-refractivity contribution in [1.29, 1.82) is 0 Å². The van der Waals surface area contributed by atoms with Crippen LogP contribution in [-0.2, 0) is 0 Å². The lowest BCUT2D eigenvalue weighted by atomic mass is 10.1. The summed E-state index contributed by atoms with van der Waals surface area (Å²) in [4.78, 5) is 13.0. The summed E-state index contributed by atoms with van der Waals surface area (Å²) in [5.41, 5.74) is 2.64. The fraction of sp³-hybridized carbons (Fsp3) is 0.120. The average molecular weight is 413 g/mol. The molecule has 1 heterocycles. The van der Waals surface area contributed by atoms with Crippen LogP contribution in [0.15, 0.2) is 91.1 Å². The monoisotopic (exact) mass is 413 g/mol.